The van der Waals surface area contributed by atoms with Crippen LogP contribution in [0.3, 0.4) is 0 Å². The topological polar surface area (TPSA) is 41.9 Å². The highest BCUT2D eigenvalue weighted by Gasteiger charge is 2.36. The average Bonchev–Trinajstić information content (AvgIpc) is 2.55. The molecule has 1 aromatic rings. The minimum absolute atomic E-state index is 0.376. The van der Waals surface area contributed by atoms with Gasteiger partial charge in [0.25, 0.3) is 0 Å². The minimum Gasteiger partial charge on any atom is -0.490 e. The summed E-state index contributed by atoms with van der Waals surface area (Å²) in [7, 11) is 0. The number of nitrogens with zero attached hydrogens (tertiary/aromatic N) is 1. The number of hydrogen-bond donors (Lipinski definition) is 1. The zero-order valence-corrected chi connectivity index (χ0v) is 14.5. The Hall–Kier alpha value is -1.39. The van der Waals surface area contributed by atoms with E-state index in [9.17, 15) is 5.11 Å². The third-order valence-electron chi connectivity index (χ3n) is 4.59. The first-order valence-electron chi connectivity index (χ1n) is 8.37. The highest BCUT2D eigenvalue weighted by atomic mass is 35.5. The Morgan fingerprint density at radius 3 is 2.52 bits per heavy atom. The summed E-state index contributed by atoms with van der Waals surface area (Å²) < 4.78 is 11.3. The van der Waals surface area contributed by atoms with Crippen molar-refractivity contribution in [1.82, 2.24) is 4.90 Å². The number of hydrogen-bond acceptors (Lipinski definition) is 4. The molecule has 0 spiro atoms. The second-order valence-electron chi connectivity index (χ2n) is 6.03. The van der Waals surface area contributed by atoms with Gasteiger partial charge in [-0.25, -0.2) is 0 Å². The molecule has 0 amide bonds. The van der Waals surface area contributed by atoms with E-state index in [1.165, 1.54) is 0 Å². The maximum Gasteiger partial charge on any atom is 0.179 e. The van der Waals surface area contributed by atoms with Crippen LogP contribution >= 0.6 is 11.6 Å². The molecule has 23 heavy (non-hydrogen) atoms. The lowest BCUT2D eigenvalue weighted by atomic mass is 9.83. The molecule has 0 radical (unpaired) electrons. The number of benzene rings is 1. The fourth-order valence-electron chi connectivity index (χ4n) is 3.47. The first kappa shape index (κ1) is 16.5. The van der Waals surface area contributed by atoms with Crippen molar-refractivity contribution in [1.29, 1.82) is 0 Å². The standard InChI is InChI=1S/C18H24ClNO3/c1-3-22-16-11-12(9-14(19)18(16)23-4-2)10-15-17(21)13-5-7-20(15)8-6-13/h9-11,13,17,21H,3-8H2,1-2H3/b15-10+/t17-/m0/s1. The summed E-state index contributed by atoms with van der Waals surface area (Å²) in [6, 6.07) is 3.81. The Labute approximate surface area is 142 Å². The number of rotatable bonds is 5. The van der Waals surface area contributed by atoms with Crippen molar-refractivity contribution in [3.8, 4) is 11.5 Å². The van der Waals surface area contributed by atoms with Gasteiger partial charge in [0.1, 0.15) is 0 Å². The van der Waals surface area contributed by atoms with Gasteiger partial charge in [-0.1, -0.05) is 11.6 Å². The van der Waals surface area contributed by atoms with Crippen LogP contribution in [0.4, 0.5) is 0 Å². The third kappa shape index (κ3) is 3.29. The van der Waals surface area contributed by atoms with E-state index in [0.717, 1.165) is 37.2 Å². The van der Waals surface area contributed by atoms with Gasteiger partial charge in [0.2, 0.25) is 0 Å². The predicted molar refractivity (Wildman–Crippen MR) is 92.1 cm³/mol. The van der Waals surface area contributed by atoms with Gasteiger partial charge in [0, 0.05) is 18.8 Å². The number of ether oxygens (including phenoxy) is 2. The van der Waals surface area contributed by atoms with Crippen molar-refractivity contribution < 1.29 is 14.6 Å². The fourth-order valence-corrected chi connectivity index (χ4v) is 3.74. The highest BCUT2D eigenvalue weighted by molar-refractivity contribution is 6.32. The molecule has 1 atom stereocenters. The summed E-state index contributed by atoms with van der Waals surface area (Å²) in [5.74, 6) is 1.62. The number of aliphatic hydroxyl groups excluding tert-OH is 1. The Morgan fingerprint density at radius 1 is 1.22 bits per heavy atom. The number of fused-ring (bicyclic) bond motifs is 3. The molecule has 1 aromatic carbocycles. The van der Waals surface area contributed by atoms with Crippen LogP contribution < -0.4 is 9.47 Å². The van der Waals surface area contributed by atoms with Crippen LogP contribution in [-0.4, -0.2) is 42.4 Å². The molecule has 0 aliphatic carbocycles. The van der Waals surface area contributed by atoms with Crippen LogP contribution in [-0.2, 0) is 0 Å². The fraction of sp³-hybridized carbons (Fsp3) is 0.556. The smallest absolute Gasteiger partial charge is 0.179 e. The van der Waals surface area contributed by atoms with Gasteiger partial charge >= 0.3 is 0 Å². The van der Waals surface area contributed by atoms with Crippen molar-refractivity contribution in [3.05, 3.63) is 28.4 Å². The molecule has 1 N–H and O–H groups in total. The first-order valence-corrected chi connectivity index (χ1v) is 8.75. The van der Waals surface area contributed by atoms with Crippen molar-refractivity contribution in [3.63, 3.8) is 0 Å². The lowest BCUT2D eigenvalue weighted by Crippen LogP contribution is -2.48. The predicted octanol–water partition coefficient (Wildman–Crippen LogP) is 3.56. The van der Waals surface area contributed by atoms with E-state index in [4.69, 9.17) is 21.1 Å². The SMILES string of the molecule is CCOc1cc(/C=C2\[C@@H](O)C3CCN2CC3)cc(Cl)c1OCC. The van der Waals surface area contributed by atoms with Crippen LogP contribution in [0.5, 0.6) is 11.5 Å². The normalized spacial score (nSPS) is 25.0. The lowest BCUT2D eigenvalue weighted by molar-refractivity contribution is 0.0215. The van der Waals surface area contributed by atoms with E-state index < -0.39 is 0 Å². The summed E-state index contributed by atoms with van der Waals surface area (Å²) >= 11 is 6.37. The summed E-state index contributed by atoms with van der Waals surface area (Å²) in [6.07, 6.45) is 3.80. The molecule has 3 aliphatic heterocycles. The summed E-state index contributed by atoms with van der Waals surface area (Å²) in [5.41, 5.74) is 1.93. The van der Waals surface area contributed by atoms with E-state index in [2.05, 4.69) is 4.90 Å². The van der Waals surface area contributed by atoms with Crippen LogP contribution in [0.25, 0.3) is 6.08 Å². The van der Waals surface area contributed by atoms with Crippen molar-refractivity contribution >= 4 is 17.7 Å². The second-order valence-corrected chi connectivity index (χ2v) is 6.44. The lowest BCUT2D eigenvalue weighted by Gasteiger charge is -2.46. The molecule has 3 saturated heterocycles. The van der Waals surface area contributed by atoms with E-state index in [1.807, 2.05) is 32.1 Å². The monoisotopic (exact) mass is 337 g/mol. The molecular formula is C18H24ClNO3. The molecule has 4 rings (SSSR count). The Balaban J connectivity index is 1.95. The van der Waals surface area contributed by atoms with Crippen LogP contribution in [0.2, 0.25) is 5.02 Å². The third-order valence-corrected chi connectivity index (χ3v) is 4.87. The van der Waals surface area contributed by atoms with Crippen molar-refractivity contribution in [2.75, 3.05) is 26.3 Å². The minimum atomic E-state index is -0.376. The average molecular weight is 338 g/mol. The Morgan fingerprint density at radius 2 is 1.91 bits per heavy atom. The molecule has 0 saturated carbocycles. The summed E-state index contributed by atoms with van der Waals surface area (Å²) in [6.45, 7) is 6.99. The summed E-state index contributed by atoms with van der Waals surface area (Å²) in [5, 5.41) is 11.0. The molecule has 0 unspecified atom stereocenters. The molecule has 3 fully saturated rings. The molecular weight excluding hydrogens is 314 g/mol. The zero-order valence-electron chi connectivity index (χ0n) is 13.7. The Bertz CT molecular complexity index is 590. The molecule has 126 valence electrons. The second kappa shape index (κ2) is 7.02. The van der Waals surface area contributed by atoms with Crippen LogP contribution in [0, 0.1) is 5.92 Å². The molecule has 0 aromatic heterocycles. The zero-order chi connectivity index (χ0) is 16.4. The summed E-state index contributed by atoms with van der Waals surface area (Å²) in [4.78, 5) is 2.27. The van der Waals surface area contributed by atoms with Gasteiger partial charge in [-0.15, -0.1) is 0 Å². The highest BCUT2D eigenvalue weighted by Crippen LogP contribution is 2.39. The van der Waals surface area contributed by atoms with Crippen LogP contribution in [0.15, 0.2) is 17.8 Å². The molecule has 2 bridgehead atoms. The maximum absolute atomic E-state index is 10.5. The molecule has 3 heterocycles. The number of aliphatic hydroxyl groups is 1. The molecule has 4 nitrogen and oxygen atoms in total. The van der Waals surface area contributed by atoms with E-state index in [0.29, 0.717) is 35.7 Å². The molecule has 5 heteroatoms. The molecule has 3 aliphatic rings. The van der Waals surface area contributed by atoms with Crippen molar-refractivity contribution in [2.45, 2.75) is 32.8 Å². The van der Waals surface area contributed by atoms with E-state index in [-0.39, 0.29) is 6.10 Å². The maximum atomic E-state index is 10.5. The van der Waals surface area contributed by atoms with Crippen molar-refractivity contribution in [2.24, 2.45) is 5.92 Å². The number of halogens is 1. The van der Waals surface area contributed by atoms with E-state index in [1.54, 1.807) is 0 Å². The largest absolute Gasteiger partial charge is 0.490 e. The Kier molecular flexibility index (Phi) is 5.02. The van der Waals surface area contributed by atoms with Gasteiger partial charge in [-0.2, -0.15) is 0 Å². The van der Waals surface area contributed by atoms with Gasteiger partial charge in [0.05, 0.1) is 24.3 Å². The number of piperidine rings is 3. The first-order chi connectivity index (χ1) is 11.1. The van der Waals surface area contributed by atoms with E-state index >= 15 is 0 Å². The van der Waals surface area contributed by atoms with Crippen LogP contribution in [0.1, 0.15) is 32.3 Å². The van der Waals surface area contributed by atoms with Gasteiger partial charge in [-0.05, 0) is 56.4 Å². The van der Waals surface area contributed by atoms with Gasteiger partial charge in [-0.3, -0.25) is 0 Å². The van der Waals surface area contributed by atoms with Gasteiger partial charge < -0.3 is 19.5 Å². The van der Waals surface area contributed by atoms with Gasteiger partial charge in [0.15, 0.2) is 11.5 Å². The quantitative estimate of drug-likeness (QED) is 0.892.